The summed E-state index contributed by atoms with van der Waals surface area (Å²) in [5.41, 5.74) is 3.17. The number of ether oxygens (including phenoxy) is 1. The number of phenolic OH excluding ortho intramolecular Hbond substituents is 1. The Balaban J connectivity index is 2.26. The van der Waals surface area contributed by atoms with Gasteiger partial charge in [0.15, 0.2) is 0 Å². The van der Waals surface area contributed by atoms with Crippen LogP contribution >= 0.6 is 0 Å². The molecule has 2 N–H and O–H groups in total. The van der Waals surface area contributed by atoms with Crippen molar-refractivity contribution in [1.82, 2.24) is 9.88 Å². The molecule has 0 saturated heterocycles. The summed E-state index contributed by atoms with van der Waals surface area (Å²) >= 11 is 0. The monoisotopic (exact) mass is 274 g/mol. The lowest BCUT2D eigenvalue weighted by molar-refractivity contribution is 0.0518. The molecule has 0 atom stereocenters. The van der Waals surface area contributed by atoms with E-state index in [4.69, 9.17) is 4.74 Å². The molecule has 1 aromatic heterocycles. The zero-order valence-electron chi connectivity index (χ0n) is 11.7. The van der Waals surface area contributed by atoms with Gasteiger partial charge in [0.2, 0.25) is 0 Å². The standard InChI is InChI=1S/C15H18N2O3/c1-3-20-15(19)13-10-8-17(2)7-6-9-4-5-11(18)14(16-13)12(9)10/h4-5,16,18H,3,6-8H2,1-2H3. The second-order valence-corrected chi connectivity index (χ2v) is 5.18. The maximum atomic E-state index is 12.1. The highest BCUT2D eigenvalue weighted by Crippen LogP contribution is 2.35. The lowest BCUT2D eigenvalue weighted by Gasteiger charge is -2.13. The molecule has 0 spiro atoms. The van der Waals surface area contributed by atoms with Crippen molar-refractivity contribution in [3.05, 3.63) is 29.0 Å². The van der Waals surface area contributed by atoms with E-state index < -0.39 is 0 Å². The van der Waals surface area contributed by atoms with Crippen molar-refractivity contribution in [3.8, 4) is 5.75 Å². The Morgan fingerprint density at radius 1 is 1.50 bits per heavy atom. The van der Waals surface area contributed by atoms with Gasteiger partial charge in [0.25, 0.3) is 0 Å². The number of rotatable bonds is 2. The van der Waals surface area contributed by atoms with Gasteiger partial charge in [-0.3, -0.25) is 0 Å². The van der Waals surface area contributed by atoms with Crippen LogP contribution in [0.1, 0.15) is 28.5 Å². The Morgan fingerprint density at radius 3 is 3.05 bits per heavy atom. The number of nitrogens with zero attached hydrogens (tertiary/aromatic N) is 1. The molecule has 0 bridgehead atoms. The van der Waals surface area contributed by atoms with E-state index in [0.717, 1.165) is 29.5 Å². The molecule has 0 fully saturated rings. The van der Waals surface area contributed by atoms with Crippen LogP contribution in [0, 0.1) is 0 Å². The average molecular weight is 274 g/mol. The number of esters is 1. The van der Waals surface area contributed by atoms with Gasteiger partial charge in [0, 0.05) is 24.0 Å². The number of carbonyl (C=O) groups excluding carboxylic acids is 1. The third-order valence-corrected chi connectivity index (χ3v) is 3.79. The number of carbonyl (C=O) groups is 1. The molecule has 0 amide bonds. The van der Waals surface area contributed by atoms with Crippen LogP contribution in [-0.4, -0.2) is 41.2 Å². The van der Waals surface area contributed by atoms with Gasteiger partial charge in [0.1, 0.15) is 11.4 Å². The van der Waals surface area contributed by atoms with E-state index in [2.05, 4.69) is 9.88 Å². The Hall–Kier alpha value is -2.01. The molecule has 1 aliphatic heterocycles. The van der Waals surface area contributed by atoms with E-state index in [1.807, 2.05) is 13.1 Å². The van der Waals surface area contributed by atoms with E-state index in [1.54, 1.807) is 13.0 Å². The fraction of sp³-hybridized carbons (Fsp3) is 0.400. The topological polar surface area (TPSA) is 65.6 Å². The first-order valence-electron chi connectivity index (χ1n) is 6.83. The van der Waals surface area contributed by atoms with Crippen LogP contribution in [0.5, 0.6) is 5.75 Å². The molecule has 5 heteroatoms. The molecular weight excluding hydrogens is 256 g/mol. The highest BCUT2D eigenvalue weighted by atomic mass is 16.5. The molecule has 3 rings (SSSR count). The second kappa shape index (κ2) is 4.83. The van der Waals surface area contributed by atoms with E-state index >= 15 is 0 Å². The molecule has 0 saturated carbocycles. The van der Waals surface area contributed by atoms with E-state index in [9.17, 15) is 9.90 Å². The largest absolute Gasteiger partial charge is 0.506 e. The summed E-state index contributed by atoms with van der Waals surface area (Å²) in [4.78, 5) is 17.3. The highest BCUT2D eigenvalue weighted by molar-refractivity contribution is 6.01. The number of aromatic nitrogens is 1. The molecule has 2 heterocycles. The molecule has 2 aromatic rings. The maximum Gasteiger partial charge on any atom is 0.355 e. The zero-order valence-corrected chi connectivity index (χ0v) is 11.7. The predicted molar refractivity (Wildman–Crippen MR) is 76.0 cm³/mol. The minimum absolute atomic E-state index is 0.171. The van der Waals surface area contributed by atoms with Crippen LogP contribution in [0.2, 0.25) is 0 Å². The number of nitrogens with one attached hydrogen (secondary N) is 1. The normalized spacial score (nSPS) is 15.3. The summed E-state index contributed by atoms with van der Waals surface area (Å²) in [7, 11) is 2.03. The molecule has 0 aliphatic carbocycles. The van der Waals surface area contributed by atoms with Crippen LogP contribution in [0.3, 0.4) is 0 Å². The summed E-state index contributed by atoms with van der Waals surface area (Å²) in [5.74, 6) is -0.190. The zero-order chi connectivity index (χ0) is 14.3. The molecule has 106 valence electrons. The van der Waals surface area contributed by atoms with Crippen LogP contribution in [0.25, 0.3) is 10.9 Å². The first-order chi connectivity index (χ1) is 9.61. The van der Waals surface area contributed by atoms with Gasteiger partial charge >= 0.3 is 5.97 Å². The van der Waals surface area contributed by atoms with Crippen molar-refractivity contribution >= 4 is 16.9 Å². The number of H-pyrrole nitrogens is 1. The molecule has 20 heavy (non-hydrogen) atoms. The van der Waals surface area contributed by atoms with Gasteiger partial charge in [-0.1, -0.05) is 6.07 Å². The van der Waals surface area contributed by atoms with Crippen LogP contribution in [0.4, 0.5) is 0 Å². The number of hydrogen-bond acceptors (Lipinski definition) is 4. The van der Waals surface area contributed by atoms with Crippen molar-refractivity contribution in [2.75, 3.05) is 20.2 Å². The van der Waals surface area contributed by atoms with E-state index in [-0.39, 0.29) is 11.7 Å². The molecule has 5 nitrogen and oxygen atoms in total. The Bertz CT molecular complexity index is 675. The summed E-state index contributed by atoms with van der Waals surface area (Å²) in [6, 6.07) is 3.61. The molecule has 0 radical (unpaired) electrons. The molecule has 0 unspecified atom stereocenters. The van der Waals surface area contributed by atoms with Gasteiger partial charge in [-0.15, -0.1) is 0 Å². The van der Waals surface area contributed by atoms with Gasteiger partial charge in [-0.25, -0.2) is 4.79 Å². The summed E-state index contributed by atoms with van der Waals surface area (Å²) in [6.07, 6.45) is 0.903. The number of aromatic hydroxyl groups is 1. The first kappa shape index (κ1) is 13.0. The fourth-order valence-corrected chi connectivity index (χ4v) is 2.84. The highest BCUT2D eigenvalue weighted by Gasteiger charge is 2.25. The van der Waals surface area contributed by atoms with Crippen LogP contribution in [-0.2, 0) is 17.7 Å². The summed E-state index contributed by atoms with van der Waals surface area (Å²) < 4.78 is 5.11. The lowest BCUT2D eigenvalue weighted by Crippen LogP contribution is -2.20. The van der Waals surface area contributed by atoms with Crippen molar-refractivity contribution in [1.29, 1.82) is 0 Å². The van der Waals surface area contributed by atoms with Crippen molar-refractivity contribution in [2.45, 2.75) is 19.9 Å². The van der Waals surface area contributed by atoms with Gasteiger partial charge in [-0.2, -0.15) is 0 Å². The fourth-order valence-electron chi connectivity index (χ4n) is 2.84. The maximum absolute atomic E-state index is 12.1. The number of aromatic amines is 1. The van der Waals surface area contributed by atoms with Gasteiger partial charge in [0.05, 0.1) is 12.1 Å². The second-order valence-electron chi connectivity index (χ2n) is 5.18. The quantitative estimate of drug-likeness (QED) is 0.822. The third-order valence-electron chi connectivity index (χ3n) is 3.79. The van der Waals surface area contributed by atoms with Crippen LogP contribution in [0.15, 0.2) is 12.1 Å². The third kappa shape index (κ3) is 1.94. The number of benzene rings is 1. The summed E-state index contributed by atoms with van der Waals surface area (Å²) in [5, 5.41) is 11.0. The minimum atomic E-state index is -0.362. The predicted octanol–water partition coefficient (Wildman–Crippen LogP) is 2.04. The smallest absolute Gasteiger partial charge is 0.355 e. The van der Waals surface area contributed by atoms with E-state index in [1.165, 1.54) is 0 Å². The number of hydrogen-bond donors (Lipinski definition) is 2. The van der Waals surface area contributed by atoms with Gasteiger partial charge < -0.3 is 19.7 Å². The van der Waals surface area contributed by atoms with Crippen LogP contribution < -0.4 is 0 Å². The molecule has 1 aliphatic rings. The Labute approximate surface area is 117 Å². The van der Waals surface area contributed by atoms with Crippen molar-refractivity contribution in [2.24, 2.45) is 0 Å². The van der Waals surface area contributed by atoms with Crippen molar-refractivity contribution in [3.63, 3.8) is 0 Å². The molecule has 1 aromatic carbocycles. The van der Waals surface area contributed by atoms with Gasteiger partial charge in [-0.05, 0) is 32.0 Å². The number of likely N-dealkylation sites (N-methyl/N-ethyl adjacent to an activating group) is 1. The minimum Gasteiger partial charge on any atom is -0.506 e. The summed E-state index contributed by atoms with van der Waals surface area (Å²) in [6.45, 7) is 3.72. The lowest BCUT2D eigenvalue weighted by atomic mass is 10.0. The molecular formula is C15H18N2O3. The first-order valence-corrected chi connectivity index (χ1v) is 6.83. The Kier molecular flexibility index (Phi) is 3.14. The average Bonchev–Trinajstić information content (AvgIpc) is 2.70. The SMILES string of the molecule is CCOC(=O)c1[nH]c2c(O)ccc3c2c1CN(C)CC3. The van der Waals surface area contributed by atoms with E-state index in [0.29, 0.717) is 24.4 Å². The Morgan fingerprint density at radius 2 is 2.30 bits per heavy atom. The van der Waals surface area contributed by atoms with Crippen molar-refractivity contribution < 1.29 is 14.6 Å². The number of phenols is 1.